The van der Waals surface area contributed by atoms with Crippen LogP contribution in [0.15, 0.2) is 12.1 Å². The Balaban J connectivity index is 3.02. The molecule has 0 fully saturated rings. The largest absolute Gasteiger partial charge is 0.383 e. The van der Waals surface area contributed by atoms with Gasteiger partial charge in [-0.25, -0.2) is 0 Å². The average molecular weight is 249 g/mol. The van der Waals surface area contributed by atoms with Crippen LogP contribution < -0.4 is 5.73 Å². The van der Waals surface area contributed by atoms with Crippen LogP contribution in [0.1, 0.15) is 43.0 Å². The molecule has 0 spiro atoms. The maximum atomic E-state index is 6.05. The maximum Gasteiger partial charge on any atom is 0.0616 e. The second-order valence-corrected chi connectivity index (χ2v) is 6.26. The number of benzene rings is 1. The zero-order valence-corrected chi connectivity index (χ0v) is 12.6. The molecule has 1 atom stereocenters. The summed E-state index contributed by atoms with van der Waals surface area (Å²) in [4.78, 5) is 0. The Bertz CT molecular complexity index is 381. The Kier molecular flexibility index (Phi) is 4.94. The van der Waals surface area contributed by atoms with Crippen LogP contribution in [0.25, 0.3) is 0 Å². The number of methoxy groups -OCH3 is 1. The molecule has 18 heavy (non-hydrogen) atoms. The van der Waals surface area contributed by atoms with E-state index >= 15 is 0 Å². The van der Waals surface area contributed by atoms with Gasteiger partial charge < -0.3 is 10.5 Å². The fraction of sp³-hybridized carbons (Fsp3) is 0.625. The first-order valence-electron chi connectivity index (χ1n) is 6.61. The van der Waals surface area contributed by atoms with E-state index in [9.17, 15) is 0 Å². The smallest absolute Gasteiger partial charge is 0.0616 e. The molecule has 0 saturated heterocycles. The molecular formula is C16H27NO. The van der Waals surface area contributed by atoms with Gasteiger partial charge in [0.2, 0.25) is 0 Å². The fourth-order valence-electron chi connectivity index (χ4n) is 2.28. The summed E-state index contributed by atoms with van der Waals surface area (Å²) in [6, 6.07) is 4.66. The van der Waals surface area contributed by atoms with E-state index in [0.29, 0.717) is 6.61 Å². The van der Waals surface area contributed by atoms with Crippen LogP contribution in [-0.2, 0) is 16.6 Å². The van der Waals surface area contributed by atoms with Crippen LogP contribution in [0.2, 0.25) is 0 Å². The summed E-state index contributed by atoms with van der Waals surface area (Å²) in [5.74, 6) is 0. The summed E-state index contributed by atoms with van der Waals surface area (Å²) in [5.41, 5.74) is 11.7. The van der Waals surface area contributed by atoms with Crippen molar-refractivity contribution in [3.05, 3.63) is 34.4 Å². The van der Waals surface area contributed by atoms with Crippen LogP contribution in [0.4, 0.5) is 0 Å². The van der Waals surface area contributed by atoms with Crippen molar-refractivity contribution in [2.24, 2.45) is 5.73 Å². The average Bonchev–Trinajstić information content (AvgIpc) is 2.22. The summed E-state index contributed by atoms with van der Waals surface area (Å²) in [6.45, 7) is 11.7. The molecule has 0 aromatic heterocycles. The predicted molar refractivity (Wildman–Crippen MR) is 78.2 cm³/mol. The summed E-state index contributed by atoms with van der Waals surface area (Å²) in [6.07, 6.45) is 0.885. The molecule has 0 heterocycles. The van der Waals surface area contributed by atoms with Crippen molar-refractivity contribution >= 4 is 0 Å². The number of ether oxygens (including phenoxy) is 1. The Morgan fingerprint density at radius 1 is 1.17 bits per heavy atom. The summed E-state index contributed by atoms with van der Waals surface area (Å²) in [5, 5.41) is 0. The van der Waals surface area contributed by atoms with Crippen molar-refractivity contribution < 1.29 is 4.74 Å². The summed E-state index contributed by atoms with van der Waals surface area (Å²) in [7, 11) is 1.70. The van der Waals surface area contributed by atoms with Crippen molar-refractivity contribution in [3.63, 3.8) is 0 Å². The van der Waals surface area contributed by atoms with Crippen LogP contribution in [0.5, 0.6) is 0 Å². The summed E-state index contributed by atoms with van der Waals surface area (Å²) >= 11 is 0. The van der Waals surface area contributed by atoms with Gasteiger partial charge in [0.05, 0.1) is 6.61 Å². The molecule has 0 amide bonds. The highest BCUT2D eigenvalue weighted by Gasteiger charge is 2.17. The third kappa shape index (κ3) is 3.82. The molecule has 0 saturated carbocycles. The molecule has 2 N–H and O–H groups in total. The van der Waals surface area contributed by atoms with Gasteiger partial charge in [0.25, 0.3) is 0 Å². The Morgan fingerprint density at radius 3 is 2.06 bits per heavy atom. The van der Waals surface area contributed by atoms with Gasteiger partial charge in [0.1, 0.15) is 0 Å². The molecule has 2 heteroatoms. The highest BCUT2D eigenvalue weighted by Crippen LogP contribution is 2.27. The Labute approximate surface area is 112 Å². The zero-order valence-electron chi connectivity index (χ0n) is 12.6. The quantitative estimate of drug-likeness (QED) is 0.890. The summed E-state index contributed by atoms with van der Waals surface area (Å²) < 4.78 is 5.11. The lowest BCUT2D eigenvalue weighted by Crippen LogP contribution is -2.28. The van der Waals surface area contributed by atoms with Gasteiger partial charge in [0, 0.05) is 13.2 Å². The Hall–Kier alpha value is -0.860. The molecule has 2 nitrogen and oxygen atoms in total. The number of hydrogen-bond acceptors (Lipinski definition) is 2. The van der Waals surface area contributed by atoms with Crippen LogP contribution in [0, 0.1) is 13.8 Å². The van der Waals surface area contributed by atoms with Gasteiger partial charge in [0.15, 0.2) is 0 Å². The molecule has 0 aliphatic heterocycles. The van der Waals surface area contributed by atoms with Crippen molar-refractivity contribution in [3.8, 4) is 0 Å². The van der Waals surface area contributed by atoms with Crippen molar-refractivity contribution in [2.45, 2.75) is 52.5 Å². The van der Waals surface area contributed by atoms with Gasteiger partial charge in [-0.05, 0) is 47.9 Å². The lowest BCUT2D eigenvalue weighted by Gasteiger charge is -2.23. The topological polar surface area (TPSA) is 35.2 Å². The molecule has 102 valence electrons. The number of nitrogens with two attached hydrogens (primary N) is 1. The molecule has 0 radical (unpaired) electrons. The predicted octanol–water partition coefficient (Wildman–Crippen LogP) is 3.12. The number of aryl methyl sites for hydroxylation is 2. The van der Waals surface area contributed by atoms with E-state index in [1.807, 2.05) is 0 Å². The molecular weight excluding hydrogens is 222 g/mol. The van der Waals surface area contributed by atoms with E-state index in [-0.39, 0.29) is 11.5 Å². The first-order chi connectivity index (χ1) is 8.25. The van der Waals surface area contributed by atoms with E-state index in [2.05, 4.69) is 46.8 Å². The second kappa shape index (κ2) is 5.85. The van der Waals surface area contributed by atoms with Crippen LogP contribution in [0.3, 0.4) is 0 Å². The normalized spacial score (nSPS) is 13.7. The molecule has 1 aromatic carbocycles. The van der Waals surface area contributed by atoms with E-state index in [4.69, 9.17) is 10.5 Å². The highest BCUT2D eigenvalue weighted by atomic mass is 16.5. The SMILES string of the molecule is COCC(N)Cc1c(C)cc(C(C)(C)C)cc1C. The monoisotopic (exact) mass is 249 g/mol. The zero-order chi connectivity index (χ0) is 13.9. The number of hydrogen-bond donors (Lipinski definition) is 1. The second-order valence-electron chi connectivity index (χ2n) is 6.26. The molecule has 1 aromatic rings. The minimum absolute atomic E-state index is 0.0767. The molecule has 0 bridgehead atoms. The van der Waals surface area contributed by atoms with Gasteiger partial charge in [-0.1, -0.05) is 32.9 Å². The molecule has 0 aliphatic rings. The van der Waals surface area contributed by atoms with Gasteiger partial charge in [-0.2, -0.15) is 0 Å². The van der Waals surface area contributed by atoms with E-state index in [1.54, 1.807) is 7.11 Å². The molecule has 1 unspecified atom stereocenters. The van der Waals surface area contributed by atoms with E-state index in [1.165, 1.54) is 22.3 Å². The van der Waals surface area contributed by atoms with Crippen molar-refractivity contribution in [2.75, 3.05) is 13.7 Å². The van der Waals surface area contributed by atoms with Crippen molar-refractivity contribution in [1.82, 2.24) is 0 Å². The van der Waals surface area contributed by atoms with E-state index in [0.717, 1.165) is 6.42 Å². The third-order valence-corrected chi connectivity index (χ3v) is 3.41. The van der Waals surface area contributed by atoms with E-state index < -0.39 is 0 Å². The van der Waals surface area contributed by atoms with Gasteiger partial charge in [-0.3, -0.25) is 0 Å². The number of rotatable bonds is 4. The minimum atomic E-state index is 0.0767. The van der Waals surface area contributed by atoms with Gasteiger partial charge in [-0.15, -0.1) is 0 Å². The minimum Gasteiger partial charge on any atom is -0.383 e. The molecule has 1 rings (SSSR count). The first-order valence-corrected chi connectivity index (χ1v) is 6.61. The van der Waals surface area contributed by atoms with Crippen LogP contribution in [-0.4, -0.2) is 19.8 Å². The van der Waals surface area contributed by atoms with Gasteiger partial charge >= 0.3 is 0 Å². The lowest BCUT2D eigenvalue weighted by molar-refractivity contribution is 0.180. The highest BCUT2D eigenvalue weighted by molar-refractivity contribution is 5.40. The molecule has 0 aliphatic carbocycles. The lowest BCUT2D eigenvalue weighted by atomic mass is 9.83. The van der Waals surface area contributed by atoms with Crippen molar-refractivity contribution in [1.29, 1.82) is 0 Å². The fourth-order valence-corrected chi connectivity index (χ4v) is 2.28. The Morgan fingerprint density at radius 2 is 1.67 bits per heavy atom. The third-order valence-electron chi connectivity index (χ3n) is 3.41. The van der Waals surface area contributed by atoms with Crippen LogP contribution >= 0.6 is 0 Å². The standard InChI is InChI=1S/C16H27NO/c1-11-7-13(16(3,4)5)8-12(2)15(11)9-14(17)10-18-6/h7-8,14H,9-10,17H2,1-6H3. The first kappa shape index (κ1) is 15.2. The maximum absolute atomic E-state index is 6.05.